The van der Waals surface area contributed by atoms with Crippen LogP contribution in [0.3, 0.4) is 0 Å². The van der Waals surface area contributed by atoms with E-state index < -0.39 is 0 Å². The van der Waals surface area contributed by atoms with Gasteiger partial charge in [-0.25, -0.2) is 0 Å². The maximum atomic E-state index is 8.94. The van der Waals surface area contributed by atoms with Gasteiger partial charge in [0.2, 0.25) is 0 Å². The fourth-order valence-corrected chi connectivity index (χ4v) is 0.920. The zero-order valence-corrected chi connectivity index (χ0v) is 4.98. The average Bonchev–Trinajstić information content (AvgIpc) is 2.14. The largest absolute Gasteiger partial charge is 0.509 e. The molecule has 1 aliphatic rings. The Morgan fingerprint density at radius 1 is 1.50 bits per heavy atom. The van der Waals surface area contributed by atoms with Crippen LogP contribution in [0.25, 0.3) is 0 Å². The number of aliphatic hydroxyl groups is 1. The number of hydrogen-bond donors (Lipinski definition) is 1. The third-order valence-corrected chi connectivity index (χ3v) is 1.39. The SMILES string of the molecule is COC1=C(O)CCC1. The molecular weight excluding hydrogens is 104 g/mol. The van der Waals surface area contributed by atoms with E-state index in [-0.39, 0.29) is 0 Å². The summed E-state index contributed by atoms with van der Waals surface area (Å²) in [4.78, 5) is 0. The first kappa shape index (κ1) is 5.48. The fraction of sp³-hybridized carbons (Fsp3) is 0.667. The average molecular weight is 114 g/mol. The van der Waals surface area contributed by atoms with Crippen molar-refractivity contribution in [3.63, 3.8) is 0 Å². The van der Waals surface area contributed by atoms with Crippen LogP contribution in [0.5, 0.6) is 0 Å². The van der Waals surface area contributed by atoms with E-state index in [9.17, 15) is 0 Å². The van der Waals surface area contributed by atoms with Crippen LogP contribution in [0.2, 0.25) is 0 Å². The predicted molar refractivity (Wildman–Crippen MR) is 30.5 cm³/mol. The second-order valence-corrected chi connectivity index (χ2v) is 1.93. The van der Waals surface area contributed by atoms with Gasteiger partial charge in [-0.15, -0.1) is 0 Å². The molecule has 8 heavy (non-hydrogen) atoms. The Morgan fingerprint density at radius 2 is 2.25 bits per heavy atom. The van der Waals surface area contributed by atoms with Crippen molar-refractivity contribution in [3.8, 4) is 0 Å². The smallest absolute Gasteiger partial charge is 0.133 e. The number of allylic oxidation sites excluding steroid dienone is 2. The van der Waals surface area contributed by atoms with Gasteiger partial charge in [-0.1, -0.05) is 0 Å². The summed E-state index contributed by atoms with van der Waals surface area (Å²) in [5.74, 6) is 1.21. The Labute approximate surface area is 48.8 Å². The predicted octanol–water partition coefficient (Wildman–Crippen LogP) is 1.59. The molecule has 0 aromatic carbocycles. The van der Waals surface area contributed by atoms with E-state index in [1.54, 1.807) is 7.11 Å². The number of hydrogen-bond acceptors (Lipinski definition) is 2. The highest BCUT2D eigenvalue weighted by atomic mass is 16.5. The van der Waals surface area contributed by atoms with E-state index >= 15 is 0 Å². The molecule has 2 nitrogen and oxygen atoms in total. The highest BCUT2D eigenvalue weighted by molar-refractivity contribution is 5.05. The third-order valence-electron chi connectivity index (χ3n) is 1.39. The lowest BCUT2D eigenvalue weighted by Gasteiger charge is -1.97. The minimum atomic E-state index is 0.438. The zero-order valence-electron chi connectivity index (χ0n) is 4.98. The van der Waals surface area contributed by atoms with Crippen LogP contribution >= 0.6 is 0 Å². The molecule has 0 heterocycles. The first-order valence-corrected chi connectivity index (χ1v) is 2.79. The number of rotatable bonds is 1. The summed E-state index contributed by atoms with van der Waals surface area (Å²) in [5, 5.41) is 8.94. The molecule has 0 aliphatic heterocycles. The molecule has 0 spiro atoms. The number of ether oxygens (including phenoxy) is 1. The van der Waals surface area contributed by atoms with E-state index in [1.807, 2.05) is 0 Å². The Morgan fingerprint density at radius 3 is 2.50 bits per heavy atom. The molecule has 0 aromatic rings. The molecule has 0 amide bonds. The lowest BCUT2D eigenvalue weighted by Crippen LogP contribution is -1.83. The van der Waals surface area contributed by atoms with Gasteiger partial charge in [-0.3, -0.25) is 0 Å². The zero-order chi connectivity index (χ0) is 5.98. The number of methoxy groups -OCH3 is 1. The van der Waals surface area contributed by atoms with Crippen molar-refractivity contribution in [1.29, 1.82) is 0 Å². The van der Waals surface area contributed by atoms with E-state index in [1.165, 1.54) is 0 Å². The van der Waals surface area contributed by atoms with Gasteiger partial charge >= 0.3 is 0 Å². The highest BCUT2D eigenvalue weighted by Gasteiger charge is 2.12. The quantitative estimate of drug-likeness (QED) is 0.560. The topological polar surface area (TPSA) is 29.5 Å². The monoisotopic (exact) mass is 114 g/mol. The van der Waals surface area contributed by atoms with Crippen LogP contribution in [-0.4, -0.2) is 12.2 Å². The molecule has 1 aliphatic carbocycles. The lowest BCUT2D eigenvalue weighted by atomic mass is 10.3. The first-order chi connectivity index (χ1) is 3.84. The van der Waals surface area contributed by atoms with Crippen LogP contribution in [0, 0.1) is 0 Å². The van der Waals surface area contributed by atoms with Crippen molar-refractivity contribution in [2.75, 3.05) is 7.11 Å². The van der Waals surface area contributed by atoms with Crippen LogP contribution < -0.4 is 0 Å². The van der Waals surface area contributed by atoms with Crippen LogP contribution in [0.4, 0.5) is 0 Å². The summed E-state index contributed by atoms with van der Waals surface area (Å²) in [6.45, 7) is 0. The van der Waals surface area contributed by atoms with E-state index in [0.717, 1.165) is 25.0 Å². The van der Waals surface area contributed by atoms with Gasteiger partial charge in [0, 0.05) is 12.8 Å². The molecule has 46 valence electrons. The van der Waals surface area contributed by atoms with Crippen molar-refractivity contribution in [1.82, 2.24) is 0 Å². The maximum absolute atomic E-state index is 8.94. The maximum Gasteiger partial charge on any atom is 0.133 e. The summed E-state index contributed by atoms with van der Waals surface area (Å²) in [5.41, 5.74) is 0. The van der Waals surface area contributed by atoms with Crippen molar-refractivity contribution in [3.05, 3.63) is 11.5 Å². The summed E-state index contributed by atoms with van der Waals surface area (Å²) >= 11 is 0. The van der Waals surface area contributed by atoms with Gasteiger partial charge in [0.05, 0.1) is 7.11 Å². The van der Waals surface area contributed by atoms with Crippen molar-refractivity contribution in [2.45, 2.75) is 19.3 Å². The summed E-state index contributed by atoms with van der Waals surface area (Å²) < 4.78 is 4.85. The van der Waals surface area contributed by atoms with Crippen molar-refractivity contribution >= 4 is 0 Å². The van der Waals surface area contributed by atoms with Gasteiger partial charge < -0.3 is 9.84 Å². The minimum Gasteiger partial charge on any atom is -0.509 e. The molecule has 0 bridgehead atoms. The summed E-state index contributed by atoms with van der Waals surface area (Å²) in [6, 6.07) is 0. The Balaban J connectivity index is 2.58. The van der Waals surface area contributed by atoms with Gasteiger partial charge in [0.25, 0.3) is 0 Å². The van der Waals surface area contributed by atoms with E-state index in [2.05, 4.69) is 0 Å². The third kappa shape index (κ3) is 0.782. The molecule has 0 saturated heterocycles. The molecule has 0 fully saturated rings. The van der Waals surface area contributed by atoms with Crippen LogP contribution in [-0.2, 0) is 4.74 Å². The normalized spacial score (nSPS) is 19.6. The molecule has 0 radical (unpaired) electrons. The standard InChI is InChI=1S/C6H10O2/c1-8-6-4-2-3-5(6)7/h7H,2-4H2,1H3. The molecular formula is C6H10O2. The molecule has 0 unspecified atom stereocenters. The summed E-state index contributed by atoms with van der Waals surface area (Å²) in [6.07, 6.45) is 2.74. The van der Waals surface area contributed by atoms with Gasteiger partial charge in [-0.05, 0) is 6.42 Å². The number of aliphatic hydroxyl groups excluding tert-OH is 1. The fourth-order valence-electron chi connectivity index (χ4n) is 0.920. The van der Waals surface area contributed by atoms with Crippen molar-refractivity contribution in [2.24, 2.45) is 0 Å². The highest BCUT2D eigenvalue weighted by Crippen LogP contribution is 2.23. The lowest BCUT2D eigenvalue weighted by molar-refractivity contribution is 0.255. The van der Waals surface area contributed by atoms with Crippen LogP contribution in [0.15, 0.2) is 11.5 Å². The van der Waals surface area contributed by atoms with Crippen molar-refractivity contribution < 1.29 is 9.84 Å². The molecule has 2 heteroatoms. The first-order valence-electron chi connectivity index (χ1n) is 2.79. The second kappa shape index (κ2) is 2.07. The second-order valence-electron chi connectivity index (χ2n) is 1.93. The molecule has 0 atom stereocenters. The van der Waals surface area contributed by atoms with E-state index in [4.69, 9.17) is 9.84 Å². The Hall–Kier alpha value is -0.660. The van der Waals surface area contributed by atoms with Crippen LogP contribution in [0.1, 0.15) is 19.3 Å². The Kier molecular flexibility index (Phi) is 1.42. The van der Waals surface area contributed by atoms with E-state index in [0.29, 0.717) is 5.76 Å². The molecule has 0 aromatic heterocycles. The molecule has 1 N–H and O–H groups in total. The van der Waals surface area contributed by atoms with Gasteiger partial charge in [0.1, 0.15) is 11.5 Å². The molecule has 1 rings (SSSR count). The Bertz CT molecular complexity index is 116. The van der Waals surface area contributed by atoms with Gasteiger partial charge in [-0.2, -0.15) is 0 Å². The van der Waals surface area contributed by atoms with Gasteiger partial charge in [0.15, 0.2) is 0 Å². The summed E-state index contributed by atoms with van der Waals surface area (Å²) in [7, 11) is 1.59. The minimum absolute atomic E-state index is 0.438. The molecule has 0 saturated carbocycles.